The van der Waals surface area contributed by atoms with Crippen LogP contribution in [0.25, 0.3) is 16.3 Å². The van der Waals surface area contributed by atoms with Crippen LogP contribution in [0.2, 0.25) is 0 Å². The zero-order valence-electron chi connectivity index (χ0n) is 16.0. The standard InChI is InChI=1S/C22H19FN4OS/c1-14(16-5-9-19(10-6-16)27-12-11-24-13-27)25-21(28)20-15(2)26-22(29-20)17-3-7-18(23)8-4-17/h3-14H,1-2H3,(H,25,28)/t14-/m1/s1. The van der Waals surface area contributed by atoms with Gasteiger partial charge in [-0.15, -0.1) is 11.3 Å². The number of nitrogens with one attached hydrogen (secondary N) is 1. The van der Waals surface area contributed by atoms with Crippen LogP contribution in [-0.4, -0.2) is 20.4 Å². The van der Waals surface area contributed by atoms with Crippen molar-refractivity contribution in [1.29, 1.82) is 0 Å². The number of rotatable bonds is 5. The Morgan fingerprint density at radius 3 is 2.52 bits per heavy atom. The van der Waals surface area contributed by atoms with Gasteiger partial charge in [-0.25, -0.2) is 14.4 Å². The number of imidazole rings is 1. The minimum absolute atomic E-state index is 0.157. The summed E-state index contributed by atoms with van der Waals surface area (Å²) in [4.78, 5) is 21.9. The maximum atomic E-state index is 13.1. The van der Waals surface area contributed by atoms with Crippen LogP contribution in [-0.2, 0) is 0 Å². The van der Waals surface area contributed by atoms with Crippen molar-refractivity contribution in [2.75, 3.05) is 0 Å². The van der Waals surface area contributed by atoms with Gasteiger partial charge in [-0.3, -0.25) is 4.79 Å². The van der Waals surface area contributed by atoms with E-state index in [0.29, 0.717) is 15.6 Å². The van der Waals surface area contributed by atoms with Gasteiger partial charge in [0, 0.05) is 23.6 Å². The minimum Gasteiger partial charge on any atom is -0.345 e. The number of aryl methyl sites for hydroxylation is 1. The molecule has 0 saturated heterocycles. The normalized spacial score (nSPS) is 12.0. The van der Waals surface area contributed by atoms with E-state index < -0.39 is 0 Å². The second-order valence-electron chi connectivity index (χ2n) is 6.70. The lowest BCUT2D eigenvalue weighted by atomic mass is 10.1. The number of thiazole rings is 1. The molecule has 2 aromatic heterocycles. The van der Waals surface area contributed by atoms with E-state index in [2.05, 4.69) is 15.3 Å². The first-order valence-corrected chi connectivity index (χ1v) is 9.95. The van der Waals surface area contributed by atoms with Crippen molar-refractivity contribution in [3.05, 3.63) is 89.2 Å². The largest absolute Gasteiger partial charge is 0.345 e. The molecular weight excluding hydrogens is 387 g/mol. The summed E-state index contributed by atoms with van der Waals surface area (Å²) < 4.78 is 15.1. The van der Waals surface area contributed by atoms with Gasteiger partial charge in [0.15, 0.2) is 0 Å². The number of carbonyl (C=O) groups excluding carboxylic acids is 1. The fourth-order valence-corrected chi connectivity index (χ4v) is 3.99. The molecule has 7 heteroatoms. The molecule has 2 aromatic carbocycles. The molecule has 4 aromatic rings. The number of nitrogens with zero attached hydrogens (tertiary/aromatic N) is 3. The molecule has 0 fully saturated rings. The zero-order valence-corrected chi connectivity index (χ0v) is 16.8. The Morgan fingerprint density at radius 1 is 1.14 bits per heavy atom. The maximum Gasteiger partial charge on any atom is 0.263 e. The van der Waals surface area contributed by atoms with Gasteiger partial charge in [0.25, 0.3) is 5.91 Å². The van der Waals surface area contributed by atoms with Crippen molar-refractivity contribution in [2.24, 2.45) is 0 Å². The van der Waals surface area contributed by atoms with Crippen LogP contribution in [0, 0.1) is 12.7 Å². The molecule has 1 amide bonds. The number of halogens is 1. The first kappa shape index (κ1) is 19.0. The highest BCUT2D eigenvalue weighted by molar-refractivity contribution is 7.17. The first-order chi connectivity index (χ1) is 14.0. The van der Waals surface area contributed by atoms with E-state index in [0.717, 1.165) is 16.8 Å². The summed E-state index contributed by atoms with van der Waals surface area (Å²) in [6.07, 6.45) is 5.35. The van der Waals surface area contributed by atoms with Crippen molar-refractivity contribution in [1.82, 2.24) is 19.9 Å². The molecule has 0 aliphatic rings. The fourth-order valence-electron chi connectivity index (χ4n) is 3.02. The van der Waals surface area contributed by atoms with Crippen LogP contribution in [0.3, 0.4) is 0 Å². The number of hydrogen-bond donors (Lipinski definition) is 1. The molecule has 4 rings (SSSR count). The number of amides is 1. The summed E-state index contributed by atoms with van der Waals surface area (Å²) in [5.41, 5.74) is 3.46. The van der Waals surface area contributed by atoms with Crippen LogP contribution >= 0.6 is 11.3 Å². The summed E-state index contributed by atoms with van der Waals surface area (Å²) in [6.45, 7) is 3.75. The topological polar surface area (TPSA) is 59.8 Å². The van der Waals surface area contributed by atoms with E-state index in [9.17, 15) is 9.18 Å². The Labute approximate surface area is 171 Å². The van der Waals surface area contributed by atoms with Crippen LogP contribution in [0.15, 0.2) is 67.3 Å². The Hall–Kier alpha value is -3.32. The molecule has 5 nitrogen and oxygen atoms in total. The van der Waals surface area contributed by atoms with Crippen molar-refractivity contribution in [2.45, 2.75) is 19.9 Å². The third-order valence-corrected chi connectivity index (χ3v) is 5.84. The van der Waals surface area contributed by atoms with E-state index in [-0.39, 0.29) is 17.8 Å². The molecular formula is C22H19FN4OS. The highest BCUT2D eigenvalue weighted by atomic mass is 32.1. The summed E-state index contributed by atoms with van der Waals surface area (Å²) in [6, 6.07) is 13.9. The van der Waals surface area contributed by atoms with Gasteiger partial charge in [0.05, 0.1) is 18.1 Å². The highest BCUT2D eigenvalue weighted by Gasteiger charge is 2.18. The lowest BCUT2D eigenvalue weighted by Crippen LogP contribution is -2.26. The first-order valence-electron chi connectivity index (χ1n) is 9.14. The SMILES string of the molecule is Cc1nc(-c2ccc(F)cc2)sc1C(=O)N[C@H](C)c1ccc(-n2ccnc2)cc1. The quantitative estimate of drug-likeness (QED) is 0.511. The number of benzene rings is 2. The van der Waals surface area contributed by atoms with Gasteiger partial charge >= 0.3 is 0 Å². The third kappa shape index (κ3) is 4.09. The van der Waals surface area contributed by atoms with E-state index in [1.54, 1.807) is 24.7 Å². The molecule has 29 heavy (non-hydrogen) atoms. The number of carbonyl (C=O) groups is 1. The molecule has 0 aliphatic carbocycles. The third-order valence-electron chi connectivity index (χ3n) is 4.64. The van der Waals surface area contributed by atoms with Crippen LogP contribution in [0.1, 0.15) is 33.9 Å². The summed E-state index contributed by atoms with van der Waals surface area (Å²) in [5.74, 6) is -0.465. The molecule has 1 atom stereocenters. The van der Waals surface area contributed by atoms with Crippen molar-refractivity contribution < 1.29 is 9.18 Å². The molecule has 1 N–H and O–H groups in total. The van der Waals surface area contributed by atoms with E-state index in [1.807, 2.05) is 48.9 Å². The van der Waals surface area contributed by atoms with Crippen molar-refractivity contribution >= 4 is 17.2 Å². The average Bonchev–Trinajstić information content (AvgIpc) is 3.39. The van der Waals surface area contributed by atoms with E-state index in [4.69, 9.17) is 0 Å². The number of aromatic nitrogens is 3. The van der Waals surface area contributed by atoms with E-state index in [1.165, 1.54) is 23.5 Å². The monoisotopic (exact) mass is 406 g/mol. The van der Waals surface area contributed by atoms with Crippen LogP contribution < -0.4 is 5.32 Å². The lowest BCUT2D eigenvalue weighted by Gasteiger charge is -2.14. The molecule has 0 spiro atoms. The van der Waals surface area contributed by atoms with Crippen molar-refractivity contribution in [3.63, 3.8) is 0 Å². The Morgan fingerprint density at radius 2 is 1.86 bits per heavy atom. The second kappa shape index (κ2) is 7.97. The second-order valence-corrected chi connectivity index (χ2v) is 7.70. The van der Waals surface area contributed by atoms with Crippen LogP contribution in [0.5, 0.6) is 0 Å². The molecule has 0 aliphatic heterocycles. The van der Waals surface area contributed by atoms with Gasteiger partial charge in [-0.1, -0.05) is 12.1 Å². The summed E-state index contributed by atoms with van der Waals surface area (Å²) >= 11 is 1.31. The Bertz CT molecular complexity index is 1120. The lowest BCUT2D eigenvalue weighted by molar-refractivity contribution is 0.0943. The molecule has 0 unspecified atom stereocenters. The van der Waals surface area contributed by atoms with Gasteiger partial charge in [-0.2, -0.15) is 0 Å². The molecule has 0 bridgehead atoms. The molecule has 0 radical (unpaired) electrons. The fraction of sp³-hybridized carbons (Fsp3) is 0.136. The molecule has 2 heterocycles. The summed E-state index contributed by atoms with van der Waals surface area (Å²) in [5, 5.41) is 3.73. The van der Waals surface area contributed by atoms with Gasteiger partial charge in [-0.05, 0) is 55.8 Å². The molecule has 0 saturated carbocycles. The summed E-state index contributed by atoms with van der Waals surface area (Å²) in [7, 11) is 0. The zero-order chi connectivity index (χ0) is 20.4. The van der Waals surface area contributed by atoms with E-state index >= 15 is 0 Å². The van der Waals surface area contributed by atoms with Crippen molar-refractivity contribution in [3.8, 4) is 16.3 Å². The average molecular weight is 406 g/mol. The minimum atomic E-state index is -0.298. The molecule has 146 valence electrons. The predicted molar refractivity (Wildman–Crippen MR) is 112 cm³/mol. The maximum absolute atomic E-state index is 13.1. The van der Waals surface area contributed by atoms with Crippen LogP contribution in [0.4, 0.5) is 4.39 Å². The smallest absolute Gasteiger partial charge is 0.263 e. The Balaban J connectivity index is 1.48. The van der Waals surface area contributed by atoms with Gasteiger partial charge in [0.1, 0.15) is 15.7 Å². The highest BCUT2D eigenvalue weighted by Crippen LogP contribution is 2.28. The van der Waals surface area contributed by atoms with Gasteiger partial charge in [0.2, 0.25) is 0 Å². The Kier molecular flexibility index (Phi) is 5.22. The number of hydrogen-bond acceptors (Lipinski definition) is 4. The van der Waals surface area contributed by atoms with Gasteiger partial charge < -0.3 is 9.88 Å². The predicted octanol–water partition coefficient (Wildman–Crippen LogP) is 4.93.